The lowest BCUT2D eigenvalue weighted by Crippen LogP contribution is -2.52. The number of aromatic nitrogens is 7. The molecule has 3 aromatic heterocycles. The normalized spacial score (nSPS) is 24.7. The van der Waals surface area contributed by atoms with Gasteiger partial charge in [0, 0.05) is 19.4 Å². The Balaban J connectivity index is 1.16. The molecule has 4 saturated carbocycles. The van der Waals surface area contributed by atoms with E-state index in [9.17, 15) is 9.90 Å². The first-order chi connectivity index (χ1) is 19.4. The quantitative estimate of drug-likeness (QED) is 0.290. The first-order valence-electron chi connectivity index (χ1n) is 13.6. The molecule has 0 atom stereocenters. The van der Waals surface area contributed by atoms with Gasteiger partial charge in [-0.15, -0.1) is 0 Å². The summed E-state index contributed by atoms with van der Waals surface area (Å²) in [5, 5.41) is 25.3. The molecule has 0 radical (unpaired) electrons. The molecule has 4 aromatic rings. The summed E-state index contributed by atoms with van der Waals surface area (Å²) in [6.45, 7) is 0. The highest BCUT2D eigenvalue weighted by molar-refractivity contribution is 5.94. The molecule has 4 fully saturated rings. The second kappa shape index (κ2) is 9.32. The molecule has 3 N–H and O–H groups in total. The number of nitrogens with one attached hydrogen (secondary N) is 2. The lowest BCUT2D eigenvalue weighted by Gasteiger charge is -2.56. The first-order valence-corrected chi connectivity index (χ1v) is 13.6. The summed E-state index contributed by atoms with van der Waals surface area (Å²) in [5.74, 6) is 2.65. The number of para-hydroxylation sites is 1. The van der Waals surface area contributed by atoms with Gasteiger partial charge in [0.25, 0.3) is 0 Å². The molecule has 40 heavy (non-hydrogen) atoms. The summed E-state index contributed by atoms with van der Waals surface area (Å²) in [7, 11) is 3.33. The molecule has 12 nitrogen and oxygen atoms in total. The van der Waals surface area contributed by atoms with E-state index in [1.54, 1.807) is 37.4 Å². The topological polar surface area (TPSA) is 145 Å². The van der Waals surface area contributed by atoms with Gasteiger partial charge < -0.3 is 20.5 Å². The van der Waals surface area contributed by atoms with Crippen LogP contribution in [0.2, 0.25) is 0 Å². The van der Waals surface area contributed by atoms with Crippen molar-refractivity contribution in [2.45, 2.75) is 44.1 Å². The fourth-order valence-electron chi connectivity index (χ4n) is 7.44. The maximum atomic E-state index is 12.0. The molecule has 8 rings (SSSR count). The zero-order chi connectivity index (χ0) is 27.4. The molecule has 0 spiro atoms. The second-order valence-corrected chi connectivity index (χ2v) is 11.5. The Morgan fingerprint density at radius 1 is 1.07 bits per heavy atom. The molecule has 0 aliphatic heterocycles. The van der Waals surface area contributed by atoms with Crippen molar-refractivity contribution in [1.29, 1.82) is 0 Å². The van der Waals surface area contributed by atoms with Crippen LogP contribution in [0.25, 0.3) is 11.4 Å². The molecule has 1 aromatic carbocycles. The van der Waals surface area contributed by atoms with Gasteiger partial charge in [0.2, 0.25) is 5.95 Å². The van der Waals surface area contributed by atoms with Crippen molar-refractivity contribution >= 4 is 29.1 Å². The Bertz CT molecular complexity index is 1560. The summed E-state index contributed by atoms with van der Waals surface area (Å²) < 4.78 is 9.43. The molecule has 4 aliphatic carbocycles. The van der Waals surface area contributed by atoms with Gasteiger partial charge >= 0.3 is 5.97 Å². The van der Waals surface area contributed by atoms with Crippen LogP contribution in [-0.4, -0.2) is 52.7 Å². The third kappa shape index (κ3) is 4.23. The number of methoxy groups -OCH3 is 1. The van der Waals surface area contributed by atoms with Crippen molar-refractivity contribution in [2.24, 2.45) is 24.8 Å². The molecular formula is C28H31N9O3. The van der Waals surface area contributed by atoms with E-state index in [0.717, 1.165) is 23.4 Å². The SMILES string of the molecule is COc1c(Nc2nc(Nc3cnn(C45CC6CC(CC(C6)C4)C5)c3)ncc2C(=O)O)cccc1-c1ncn(C)n1. The van der Waals surface area contributed by atoms with Crippen LogP contribution in [0, 0.1) is 17.8 Å². The molecule has 12 heteroatoms. The zero-order valence-corrected chi connectivity index (χ0v) is 22.4. The van der Waals surface area contributed by atoms with E-state index in [0.29, 0.717) is 22.8 Å². The number of aromatic carboxylic acids is 1. The number of rotatable bonds is 8. The Morgan fingerprint density at radius 2 is 1.82 bits per heavy atom. The highest BCUT2D eigenvalue weighted by Crippen LogP contribution is 2.58. The van der Waals surface area contributed by atoms with E-state index in [1.807, 2.05) is 18.3 Å². The average molecular weight is 542 g/mol. The predicted octanol–water partition coefficient (Wildman–Crippen LogP) is 4.59. The van der Waals surface area contributed by atoms with E-state index in [4.69, 9.17) is 9.84 Å². The van der Waals surface area contributed by atoms with E-state index < -0.39 is 5.97 Å². The monoisotopic (exact) mass is 541 g/mol. The van der Waals surface area contributed by atoms with E-state index in [-0.39, 0.29) is 22.9 Å². The number of carbonyl (C=O) groups is 1. The van der Waals surface area contributed by atoms with Crippen molar-refractivity contribution in [1.82, 2.24) is 34.5 Å². The van der Waals surface area contributed by atoms with Gasteiger partial charge in [-0.2, -0.15) is 15.2 Å². The van der Waals surface area contributed by atoms with Crippen LogP contribution in [0.1, 0.15) is 48.9 Å². The van der Waals surface area contributed by atoms with Crippen molar-refractivity contribution in [3.63, 3.8) is 0 Å². The smallest absolute Gasteiger partial charge is 0.341 e. The highest BCUT2D eigenvalue weighted by atomic mass is 16.5. The van der Waals surface area contributed by atoms with Crippen LogP contribution in [0.3, 0.4) is 0 Å². The number of hydrogen-bond donors (Lipinski definition) is 3. The van der Waals surface area contributed by atoms with Crippen molar-refractivity contribution in [3.05, 3.63) is 48.7 Å². The van der Waals surface area contributed by atoms with Gasteiger partial charge in [-0.3, -0.25) is 9.36 Å². The second-order valence-electron chi connectivity index (χ2n) is 11.5. The van der Waals surface area contributed by atoms with Gasteiger partial charge in [-0.25, -0.2) is 14.8 Å². The lowest BCUT2D eigenvalue weighted by molar-refractivity contribution is -0.0493. The minimum atomic E-state index is -1.15. The molecule has 206 valence electrons. The number of benzene rings is 1. The molecule has 0 amide bonds. The van der Waals surface area contributed by atoms with Gasteiger partial charge in [0.1, 0.15) is 11.9 Å². The minimum Gasteiger partial charge on any atom is -0.494 e. The van der Waals surface area contributed by atoms with Crippen molar-refractivity contribution in [2.75, 3.05) is 17.7 Å². The van der Waals surface area contributed by atoms with E-state index >= 15 is 0 Å². The Labute approximate surface area is 230 Å². The van der Waals surface area contributed by atoms with Crippen LogP contribution < -0.4 is 15.4 Å². The number of hydrogen-bond acceptors (Lipinski definition) is 9. The Kier molecular flexibility index (Phi) is 5.72. The third-order valence-corrected chi connectivity index (χ3v) is 8.66. The fourth-order valence-corrected chi connectivity index (χ4v) is 7.44. The summed E-state index contributed by atoms with van der Waals surface area (Å²) in [6.07, 6.45) is 14.5. The summed E-state index contributed by atoms with van der Waals surface area (Å²) in [4.78, 5) is 25.1. The average Bonchev–Trinajstić information content (AvgIpc) is 3.57. The zero-order valence-electron chi connectivity index (χ0n) is 22.4. The maximum Gasteiger partial charge on any atom is 0.341 e. The summed E-state index contributed by atoms with van der Waals surface area (Å²) in [5.41, 5.74) is 1.99. The van der Waals surface area contributed by atoms with Crippen molar-refractivity contribution < 1.29 is 14.6 Å². The van der Waals surface area contributed by atoms with E-state index in [2.05, 4.69) is 35.4 Å². The summed E-state index contributed by atoms with van der Waals surface area (Å²) >= 11 is 0. The van der Waals surface area contributed by atoms with Gasteiger partial charge in [-0.05, 0) is 68.4 Å². The molecule has 4 aliphatic rings. The largest absolute Gasteiger partial charge is 0.494 e. The van der Waals surface area contributed by atoms with Gasteiger partial charge in [-0.1, -0.05) is 6.07 Å². The minimum absolute atomic E-state index is 0.0711. The number of carboxylic acid groups (broad SMARTS) is 1. The standard InChI is InChI=1S/C28H31N9O3/c1-36-15-30-24(35-36)20-4-3-5-22(23(20)40-2)33-25-21(26(38)39)13-29-27(34-25)32-19-12-31-37(14-19)28-9-16-6-17(10-28)8-18(7-16)11-28/h3-5,12-18H,6-11H2,1-2H3,(H,38,39)(H2,29,32,33,34). The lowest BCUT2D eigenvalue weighted by atomic mass is 9.53. The number of aryl methyl sites for hydroxylation is 1. The highest BCUT2D eigenvalue weighted by Gasteiger charge is 2.52. The fraction of sp³-hybridized carbons (Fsp3) is 0.429. The molecular weight excluding hydrogens is 510 g/mol. The first kappa shape index (κ1) is 24.6. The van der Waals surface area contributed by atoms with Gasteiger partial charge in [0.15, 0.2) is 17.4 Å². The molecule has 0 saturated heterocycles. The predicted molar refractivity (Wildman–Crippen MR) is 147 cm³/mol. The van der Waals surface area contributed by atoms with Gasteiger partial charge in [0.05, 0.1) is 35.8 Å². The number of ether oxygens (including phenoxy) is 1. The number of carboxylic acids is 1. The number of anilines is 4. The summed E-state index contributed by atoms with van der Waals surface area (Å²) in [6, 6.07) is 5.43. The van der Waals surface area contributed by atoms with Crippen LogP contribution in [0.4, 0.5) is 23.1 Å². The Morgan fingerprint density at radius 3 is 2.48 bits per heavy atom. The molecule has 3 heterocycles. The number of nitrogens with zero attached hydrogens (tertiary/aromatic N) is 7. The third-order valence-electron chi connectivity index (χ3n) is 8.66. The van der Waals surface area contributed by atoms with Crippen molar-refractivity contribution in [3.8, 4) is 17.1 Å². The Hall–Kier alpha value is -4.48. The molecule has 0 unspecified atom stereocenters. The van der Waals surface area contributed by atoms with Crippen LogP contribution in [0.5, 0.6) is 5.75 Å². The van der Waals surface area contributed by atoms with Crippen LogP contribution in [-0.2, 0) is 12.6 Å². The van der Waals surface area contributed by atoms with E-state index in [1.165, 1.54) is 44.7 Å². The van der Waals surface area contributed by atoms with Crippen LogP contribution >= 0.6 is 0 Å². The maximum absolute atomic E-state index is 12.0. The van der Waals surface area contributed by atoms with Crippen LogP contribution in [0.15, 0.2) is 43.1 Å². The molecule has 4 bridgehead atoms.